The molecule has 1 aromatic carbocycles. The molecule has 0 bridgehead atoms. The summed E-state index contributed by atoms with van der Waals surface area (Å²) in [5.41, 5.74) is -0.828. The molecule has 0 saturated carbocycles. The summed E-state index contributed by atoms with van der Waals surface area (Å²) in [5, 5.41) is 22.8. The highest BCUT2D eigenvalue weighted by Gasteiger charge is 2.22. The third kappa shape index (κ3) is 3.24. The molecule has 0 radical (unpaired) electrons. The molecule has 0 aromatic heterocycles. The first kappa shape index (κ1) is 14.5. The van der Waals surface area contributed by atoms with Crippen molar-refractivity contribution in [3.05, 3.63) is 39.7 Å². The van der Waals surface area contributed by atoms with Crippen molar-refractivity contribution in [2.75, 3.05) is 6.61 Å². The third-order valence-electron chi connectivity index (χ3n) is 3.09. The third-order valence-corrected chi connectivity index (χ3v) is 3.09. The number of nitrogens with zero attached hydrogens (tertiary/aromatic N) is 1. The van der Waals surface area contributed by atoms with Gasteiger partial charge in [0.05, 0.1) is 11.5 Å². The summed E-state index contributed by atoms with van der Waals surface area (Å²) in [6, 6.07) is 4.06. The fraction of sp³-hybridized carbons (Fsp3) is 0.500. The van der Waals surface area contributed by atoms with Crippen molar-refractivity contribution in [3.63, 3.8) is 0 Å². The van der Waals surface area contributed by atoms with Gasteiger partial charge in [-0.1, -0.05) is 19.1 Å². The maximum Gasteiger partial charge on any atom is 0.305 e. The van der Waals surface area contributed by atoms with Crippen LogP contribution in [0.2, 0.25) is 0 Å². The van der Waals surface area contributed by atoms with Crippen molar-refractivity contribution < 1.29 is 14.4 Å². The molecule has 0 saturated heterocycles. The Morgan fingerprint density at radius 2 is 2.22 bits per heavy atom. The van der Waals surface area contributed by atoms with Gasteiger partial charge in [-0.2, -0.15) is 4.39 Å². The van der Waals surface area contributed by atoms with Crippen molar-refractivity contribution in [1.82, 2.24) is 5.32 Å². The quantitative estimate of drug-likeness (QED) is 0.603. The standard InChI is InChI=1S/C12H17FN2O3/c1-3-12(2,8-16)14-7-9-5-4-6-10(11(9)13)15(17)18/h4-6,14,16H,3,7-8H2,1-2H3. The number of nitro groups is 1. The van der Waals surface area contributed by atoms with E-state index in [1.807, 2.05) is 13.8 Å². The average molecular weight is 256 g/mol. The predicted molar refractivity (Wildman–Crippen MR) is 65.7 cm³/mol. The van der Waals surface area contributed by atoms with Crippen LogP contribution in [0, 0.1) is 15.9 Å². The van der Waals surface area contributed by atoms with Crippen LogP contribution in [0.3, 0.4) is 0 Å². The minimum absolute atomic E-state index is 0.0833. The van der Waals surface area contributed by atoms with E-state index in [1.54, 1.807) is 0 Å². The first-order valence-electron chi connectivity index (χ1n) is 5.71. The zero-order valence-corrected chi connectivity index (χ0v) is 10.4. The highest BCUT2D eigenvalue weighted by molar-refractivity contribution is 5.36. The van der Waals surface area contributed by atoms with Crippen LogP contribution < -0.4 is 5.32 Å². The number of hydrogen-bond acceptors (Lipinski definition) is 4. The van der Waals surface area contributed by atoms with Gasteiger partial charge in [0.1, 0.15) is 0 Å². The van der Waals surface area contributed by atoms with E-state index in [0.717, 1.165) is 6.07 Å². The van der Waals surface area contributed by atoms with Gasteiger partial charge in [0.2, 0.25) is 5.82 Å². The lowest BCUT2D eigenvalue weighted by atomic mass is 10.00. The number of hydrogen-bond donors (Lipinski definition) is 2. The van der Waals surface area contributed by atoms with E-state index in [-0.39, 0.29) is 18.7 Å². The second-order valence-electron chi connectivity index (χ2n) is 4.43. The van der Waals surface area contributed by atoms with Crippen molar-refractivity contribution in [1.29, 1.82) is 0 Å². The Morgan fingerprint density at radius 3 is 2.72 bits per heavy atom. The van der Waals surface area contributed by atoms with Crippen LogP contribution in [0.5, 0.6) is 0 Å². The molecule has 1 unspecified atom stereocenters. The molecule has 1 rings (SSSR count). The van der Waals surface area contributed by atoms with Gasteiger partial charge in [-0.25, -0.2) is 0 Å². The first-order chi connectivity index (χ1) is 8.43. The number of halogens is 1. The highest BCUT2D eigenvalue weighted by atomic mass is 19.1. The number of aliphatic hydroxyl groups is 1. The van der Waals surface area contributed by atoms with E-state index >= 15 is 0 Å². The monoisotopic (exact) mass is 256 g/mol. The molecule has 6 heteroatoms. The number of aliphatic hydroxyl groups excluding tert-OH is 1. The normalized spacial score (nSPS) is 14.2. The van der Waals surface area contributed by atoms with Crippen LogP contribution in [-0.4, -0.2) is 22.2 Å². The fourth-order valence-corrected chi connectivity index (χ4v) is 1.45. The largest absolute Gasteiger partial charge is 0.394 e. The van der Waals surface area contributed by atoms with Crippen molar-refractivity contribution >= 4 is 5.69 Å². The molecule has 0 aliphatic heterocycles. The van der Waals surface area contributed by atoms with E-state index < -0.39 is 22.0 Å². The molecular weight excluding hydrogens is 239 g/mol. The Kier molecular flexibility index (Phi) is 4.75. The van der Waals surface area contributed by atoms with E-state index in [2.05, 4.69) is 5.32 Å². The van der Waals surface area contributed by atoms with Gasteiger partial charge in [-0.05, 0) is 13.3 Å². The Balaban J connectivity index is 2.86. The van der Waals surface area contributed by atoms with Crippen LogP contribution in [0.25, 0.3) is 0 Å². The lowest BCUT2D eigenvalue weighted by Gasteiger charge is -2.27. The van der Waals surface area contributed by atoms with Gasteiger partial charge in [0, 0.05) is 23.7 Å². The minimum atomic E-state index is -0.827. The van der Waals surface area contributed by atoms with Crippen molar-refractivity contribution in [3.8, 4) is 0 Å². The molecule has 18 heavy (non-hydrogen) atoms. The van der Waals surface area contributed by atoms with Gasteiger partial charge in [0.15, 0.2) is 0 Å². The van der Waals surface area contributed by atoms with Crippen molar-refractivity contribution in [2.24, 2.45) is 0 Å². The van der Waals surface area contributed by atoms with E-state index in [9.17, 15) is 19.6 Å². The van der Waals surface area contributed by atoms with Crippen LogP contribution in [0.15, 0.2) is 18.2 Å². The minimum Gasteiger partial charge on any atom is -0.394 e. The number of nitro benzene ring substituents is 1. The maximum absolute atomic E-state index is 13.8. The maximum atomic E-state index is 13.8. The Bertz CT molecular complexity index is 433. The summed E-state index contributed by atoms with van der Waals surface area (Å²) >= 11 is 0. The summed E-state index contributed by atoms with van der Waals surface area (Å²) < 4.78 is 13.8. The Hall–Kier alpha value is -1.53. The average Bonchev–Trinajstić information content (AvgIpc) is 2.37. The molecule has 0 aliphatic rings. The number of benzene rings is 1. The summed E-state index contributed by atoms with van der Waals surface area (Å²) in [5.74, 6) is -0.827. The summed E-state index contributed by atoms with van der Waals surface area (Å²) in [6.07, 6.45) is 0.667. The molecule has 5 nitrogen and oxygen atoms in total. The zero-order chi connectivity index (χ0) is 13.8. The molecule has 1 aromatic rings. The topological polar surface area (TPSA) is 75.4 Å². The molecule has 0 amide bonds. The lowest BCUT2D eigenvalue weighted by Crippen LogP contribution is -2.44. The highest BCUT2D eigenvalue weighted by Crippen LogP contribution is 2.20. The van der Waals surface area contributed by atoms with Crippen LogP contribution in [0.4, 0.5) is 10.1 Å². The van der Waals surface area contributed by atoms with Crippen LogP contribution in [-0.2, 0) is 6.54 Å². The second-order valence-corrected chi connectivity index (χ2v) is 4.43. The van der Waals surface area contributed by atoms with Gasteiger partial charge < -0.3 is 10.4 Å². The summed E-state index contributed by atoms with van der Waals surface area (Å²) in [7, 11) is 0. The van der Waals surface area contributed by atoms with E-state index in [4.69, 9.17) is 0 Å². The molecule has 0 spiro atoms. The molecule has 100 valence electrons. The molecule has 0 fully saturated rings. The first-order valence-corrected chi connectivity index (χ1v) is 5.71. The molecule has 0 aliphatic carbocycles. The van der Waals surface area contributed by atoms with Crippen LogP contribution in [0.1, 0.15) is 25.8 Å². The van der Waals surface area contributed by atoms with Gasteiger partial charge >= 0.3 is 5.69 Å². The zero-order valence-electron chi connectivity index (χ0n) is 10.4. The summed E-state index contributed by atoms with van der Waals surface area (Å²) in [6.45, 7) is 3.76. The van der Waals surface area contributed by atoms with Crippen molar-refractivity contribution in [2.45, 2.75) is 32.4 Å². The number of nitrogens with one attached hydrogen (secondary N) is 1. The van der Waals surface area contributed by atoms with E-state index in [0.29, 0.717) is 6.42 Å². The smallest absolute Gasteiger partial charge is 0.305 e. The Labute approximate surface area is 105 Å². The molecular formula is C12H17FN2O3. The van der Waals surface area contributed by atoms with E-state index in [1.165, 1.54) is 12.1 Å². The van der Waals surface area contributed by atoms with Crippen LogP contribution >= 0.6 is 0 Å². The molecule has 2 N–H and O–H groups in total. The second kappa shape index (κ2) is 5.88. The van der Waals surface area contributed by atoms with Gasteiger partial charge in [-0.3, -0.25) is 10.1 Å². The van der Waals surface area contributed by atoms with Gasteiger partial charge in [0.25, 0.3) is 0 Å². The molecule has 1 atom stereocenters. The number of rotatable bonds is 6. The molecule has 0 heterocycles. The predicted octanol–water partition coefficient (Wildman–Crippen LogP) is 1.98. The SMILES string of the molecule is CCC(C)(CO)NCc1cccc([N+](=O)[O-])c1F. The van der Waals surface area contributed by atoms with Gasteiger partial charge in [-0.15, -0.1) is 0 Å². The Morgan fingerprint density at radius 1 is 1.56 bits per heavy atom. The fourth-order valence-electron chi connectivity index (χ4n) is 1.45. The lowest BCUT2D eigenvalue weighted by molar-refractivity contribution is -0.387. The summed E-state index contributed by atoms with van der Waals surface area (Å²) in [4.78, 5) is 9.85.